The smallest absolute Gasteiger partial charge is 0.416 e. The van der Waals surface area contributed by atoms with E-state index in [1.807, 2.05) is 0 Å². The van der Waals surface area contributed by atoms with E-state index in [4.69, 9.17) is 23.2 Å². The molecule has 5 nitrogen and oxygen atoms in total. The van der Waals surface area contributed by atoms with Crippen molar-refractivity contribution in [3.8, 4) is 17.0 Å². The first-order valence-electron chi connectivity index (χ1n) is 8.50. The second-order valence-corrected chi connectivity index (χ2v) is 9.43. The van der Waals surface area contributed by atoms with Crippen molar-refractivity contribution in [1.29, 1.82) is 0 Å². The van der Waals surface area contributed by atoms with Gasteiger partial charge in [0.25, 0.3) is 5.88 Å². The summed E-state index contributed by atoms with van der Waals surface area (Å²) in [6, 6.07) is 5.99. The average Bonchev–Trinajstić information content (AvgIpc) is 3.09. The lowest BCUT2D eigenvalue weighted by Gasteiger charge is -2.12. The maximum atomic E-state index is 13.3. The zero-order valence-electron chi connectivity index (χ0n) is 15.1. The number of halogens is 6. The van der Waals surface area contributed by atoms with Crippen LogP contribution in [-0.4, -0.2) is 14.5 Å². The van der Waals surface area contributed by atoms with Gasteiger partial charge in [0.1, 0.15) is 11.0 Å². The number of nitrogens with zero attached hydrogens (tertiary/aromatic N) is 3. The number of aromatic nitrogens is 3. The lowest BCUT2D eigenvalue weighted by Crippen LogP contribution is -2.41. The van der Waals surface area contributed by atoms with Crippen LogP contribution in [0.4, 0.5) is 13.2 Å². The van der Waals surface area contributed by atoms with Gasteiger partial charge in [-0.2, -0.15) is 22.1 Å². The van der Waals surface area contributed by atoms with E-state index < -0.39 is 23.2 Å². The highest BCUT2D eigenvalue weighted by Crippen LogP contribution is 2.36. The fourth-order valence-electron chi connectivity index (χ4n) is 3.16. The van der Waals surface area contributed by atoms with Crippen LogP contribution in [0.3, 0.4) is 0 Å². The van der Waals surface area contributed by atoms with Gasteiger partial charge < -0.3 is 5.11 Å². The van der Waals surface area contributed by atoms with Crippen LogP contribution < -0.4 is 10.1 Å². The molecule has 3 heterocycles. The average molecular weight is 552 g/mol. The fraction of sp³-hybridized carbons (Fsp3) is 0.105. The highest BCUT2D eigenvalue weighted by Gasteiger charge is 2.33. The van der Waals surface area contributed by atoms with E-state index >= 15 is 0 Å². The number of thiazole rings is 1. The Morgan fingerprint density at radius 1 is 1.26 bits per heavy atom. The third-order valence-electron chi connectivity index (χ3n) is 4.44. The summed E-state index contributed by atoms with van der Waals surface area (Å²) < 4.78 is 43.3. The van der Waals surface area contributed by atoms with Crippen molar-refractivity contribution in [3.05, 3.63) is 77.5 Å². The van der Waals surface area contributed by atoms with Crippen molar-refractivity contribution >= 4 is 56.1 Å². The Morgan fingerprint density at radius 2 is 2.00 bits per heavy atom. The number of pyridine rings is 1. The third kappa shape index (κ3) is 4.17. The van der Waals surface area contributed by atoms with Gasteiger partial charge in [0.15, 0.2) is 10.0 Å². The molecule has 0 atom stereocenters. The van der Waals surface area contributed by atoms with Crippen molar-refractivity contribution in [2.24, 2.45) is 0 Å². The van der Waals surface area contributed by atoms with E-state index in [1.165, 1.54) is 38.8 Å². The SMILES string of the molecule is O=c1c(-c2cc(Cl)cc(C(F)(F)F)c2)c(O)[n+](Cc2cnc(Cl)s2)c2c(Br)cccn12. The molecule has 1 aromatic carbocycles. The van der Waals surface area contributed by atoms with Gasteiger partial charge in [-0.1, -0.05) is 23.2 Å². The molecule has 3 aromatic heterocycles. The summed E-state index contributed by atoms with van der Waals surface area (Å²) in [6.07, 6.45) is -1.71. The van der Waals surface area contributed by atoms with Crippen LogP contribution in [0.25, 0.3) is 16.8 Å². The topological polar surface area (TPSA) is 58.5 Å². The molecule has 4 rings (SSSR count). The largest absolute Gasteiger partial charge is 0.477 e. The van der Waals surface area contributed by atoms with Crippen LogP contribution in [0.5, 0.6) is 5.88 Å². The summed E-state index contributed by atoms with van der Waals surface area (Å²) >= 11 is 16.3. The number of benzene rings is 1. The van der Waals surface area contributed by atoms with Crippen molar-refractivity contribution in [3.63, 3.8) is 0 Å². The first-order valence-corrected chi connectivity index (χ1v) is 10.9. The molecule has 0 fully saturated rings. The van der Waals surface area contributed by atoms with E-state index in [-0.39, 0.29) is 27.2 Å². The summed E-state index contributed by atoms with van der Waals surface area (Å²) in [6.45, 7) is 0.0717. The van der Waals surface area contributed by atoms with Gasteiger partial charge in [-0.25, -0.2) is 9.78 Å². The fourth-order valence-corrected chi connectivity index (χ4v) is 4.92. The van der Waals surface area contributed by atoms with Crippen LogP contribution >= 0.6 is 50.5 Å². The maximum Gasteiger partial charge on any atom is 0.416 e. The second-order valence-electron chi connectivity index (χ2n) is 6.45. The lowest BCUT2D eigenvalue weighted by molar-refractivity contribution is -0.671. The van der Waals surface area contributed by atoms with E-state index in [9.17, 15) is 23.1 Å². The van der Waals surface area contributed by atoms with Crippen LogP contribution in [0.1, 0.15) is 10.4 Å². The molecule has 12 heteroatoms. The predicted octanol–water partition coefficient (Wildman–Crippen LogP) is 5.55. The number of hydrogen-bond acceptors (Lipinski definition) is 4. The quantitative estimate of drug-likeness (QED) is 0.339. The number of rotatable bonds is 3. The number of fused-ring (bicyclic) bond motifs is 1. The second kappa shape index (κ2) is 8.09. The van der Waals surface area contributed by atoms with Crippen LogP contribution in [0.2, 0.25) is 9.49 Å². The normalized spacial score (nSPS) is 11.9. The first kappa shape index (κ1) is 22.1. The molecule has 4 aromatic rings. The van der Waals surface area contributed by atoms with E-state index in [1.54, 1.807) is 12.1 Å². The van der Waals surface area contributed by atoms with Crippen LogP contribution in [-0.2, 0) is 12.7 Å². The van der Waals surface area contributed by atoms with Crippen molar-refractivity contribution < 1.29 is 22.8 Å². The molecule has 160 valence electrons. The van der Waals surface area contributed by atoms with Crippen LogP contribution in [0.15, 0.2) is 52.0 Å². The number of hydrogen-bond donors (Lipinski definition) is 1. The molecule has 0 bridgehead atoms. The van der Waals surface area contributed by atoms with E-state index in [0.29, 0.717) is 15.0 Å². The molecule has 0 saturated heterocycles. The summed E-state index contributed by atoms with van der Waals surface area (Å²) in [5.74, 6) is -0.517. The molecule has 31 heavy (non-hydrogen) atoms. The summed E-state index contributed by atoms with van der Waals surface area (Å²) in [5.41, 5.74) is -1.92. The molecule has 0 spiro atoms. The van der Waals surface area contributed by atoms with Gasteiger partial charge in [0.05, 0.1) is 16.6 Å². The van der Waals surface area contributed by atoms with Crippen molar-refractivity contribution in [2.45, 2.75) is 12.7 Å². The Bertz CT molecular complexity index is 1390. The Labute approximate surface area is 195 Å². The molecule has 0 aliphatic heterocycles. The third-order valence-corrected chi connectivity index (χ3v) is 6.38. The molecule has 1 N–H and O–H groups in total. The molecular weight excluding hydrogens is 542 g/mol. The minimum absolute atomic E-state index is 0.0717. The zero-order chi connectivity index (χ0) is 22.5. The van der Waals surface area contributed by atoms with Gasteiger partial charge in [0, 0.05) is 11.2 Å². The molecule has 0 radical (unpaired) electrons. The highest BCUT2D eigenvalue weighted by atomic mass is 79.9. The molecule has 0 aliphatic carbocycles. The number of alkyl halides is 3. The highest BCUT2D eigenvalue weighted by molar-refractivity contribution is 9.10. The summed E-state index contributed by atoms with van der Waals surface area (Å²) in [4.78, 5) is 17.8. The lowest BCUT2D eigenvalue weighted by atomic mass is 10.0. The van der Waals surface area contributed by atoms with E-state index in [2.05, 4.69) is 20.9 Å². The Morgan fingerprint density at radius 3 is 2.65 bits per heavy atom. The molecule has 0 unspecified atom stereocenters. The van der Waals surface area contributed by atoms with Crippen molar-refractivity contribution in [1.82, 2.24) is 9.38 Å². The van der Waals surface area contributed by atoms with Crippen LogP contribution in [0, 0.1) is 0 Å². The minimum Gasteiger partial charge on any atom is -0.477 e. The van der Waals surface area contributed by atoms with Gasteiger partial charge in [-0.3, -0.25) is 0 Å². The molecule has 0 amide bonds. The first-order chi connectivity index (χ1) is 14.6. The monoisotopic (exact) mass is 550 g/mol. The number of aromatic hydroxyl groups is 1. The Hall–Kier alpha value is -2.14. The zero-order valence-corrected chi connectivity index (χ0v) is 19.0. The summed E-state index contributed by atoms with van der Waals surface area (Å²) in [7, 11) is 0. The minimum atomic E-state index is -4.68. The maximum absolute atomic E-state index is 13.3. The molecule has 0 saturated carbocycles. The van der Waals surface area contributed by atoms with Gasteiger partial charge >= 0.3 is 17.4 Å². The Balaban J connectivity index is 2.06. The van der Waals surface area contributed by atoms with E-state index in [0.717, 1.165) is 12.1 Å². The summed E-state index contributed by atoms with van der Waals surface area (Å²) in [5, 5.41) is 10.8. The van der Waals surface area contributed by atoms with Gasteiger partial charge in [-0.05, 0) is 51.8 Å². The van der Waals surface area contributed by atoms with Gasteiger partial charge in [0.2, 0.25) is 0 Å². The predicted molar refractivity (Wildman–Crippen MR) is 115 cm³/mol. The molecule has 0 aliphatic rings. The van der Waals surface area contributed by atoms with Crippen molar-refractivity contribution in [2.75, 3.05) is 0 Å². The standard InChI is InChI=1S/C19H9BrCl2F3N3O2S/c20-13-2-1-3-27-15(13)28(8-12-7-26-18(22)31-12)17(30)14(16(27)29)9-4-10(19(23,24)25)6-11(21)5-9/h1-7H,8H2/p+1. The molecular formula is C19H10BrCl2F3N3O2S+. The Kier molecular flexibility index (Phi) is 5.76. The van der Waals surface area contributed by atoms with Gasteiger partial charge in [-0.15, -0.1) is 11.3 Å².